The van der Waals surface area contributed by atoms with Crippen molar-refractivity contribution in [3.63, 3.8) is 0 Å². The molecule has 0 spiro atoms. The van der Waals surface area contributed by atoms with Crippen molar-refractivity contribution in [3.8, 4) is 0 Å². The highest BCUT2D eigenvalue weighted by Gasteiger charge is 2.17. The van der Waals surface area contributed by atoms with E-state index in [1.54, 1.807) is 11.8 Å². The Bertz CT molecular complexity index is 857. The van der Waals surface area contributed by atoms with E-state index >= 15 is 0 Å². The summed E-state index contributed by atoms with van der Waals surface area (Å²) in [5.41, 5.74) is 2.51. The van der Waals surface area contributed by atoms with E-state index in [1.807, 2.05) is 42.4 Å². The Hall–Kier alpha value is -2.35. The standard InChI is InChI=1S/C16H21N7S/c1-11-7-6-8-12(9-11)10-24-16-20-19-14-17-13(21(2)3)18-15(22(4)5)23(14)16/h6-9H,10H2,1-5H3. The first-order valence-electron chi connectivity index (χ1n) is 7.62. The number of aromatic nitrogens is 5. The molecule has 0 unspecified atom stereocenters. The first-order valence-corrected chi connectivity index (χ1v) is 8.60. The number of aryl methyl sites for hydroxylation is 1. The van der Waals surface area contributed by atoms with Crippen molar-refractivity contribution in [2.45, 2.75) is 17.8 Å². The van der Waals surface area contributed by atoms with E-state index in [0.717, 1.165) is 16.9 Å². The monoisotopic (exact) mass is 343 g/mol. The maximum absolute atomic E-state index is 4.61. The largest absolute Gasteiger partial charge is 0.348 e. The number of fused-ring (bicyclic) bond motifs is 1. The van der Waals surface area contributed by atoms with Gasteiger partial charge in [0, 0.05) is 33.9 Å². The van der Waals surface area contributed by atoms with Crippen molar-refractivity contribution >= 4 is 29.4 Å². The Balaban J connectivity index is 1.97. The summed E-state index contributed by atoms with van der Waals surface area (Å²) in [7, 11) is 7.73. The SMILES string of the molecule is Cc1cccc(CSc2nnc3nc(N(C)C)nc(N(C)C)n23)c1. The van der Waals surface area contributed by atoms with Crippen LogP contribution in [0, 0.1) is 6.92 Å². The third-order valence-corrected chi connectivity index (χ3v) is 4.47. The quantitative estimate of drug-likeness (QED) is 0.658. The number of rotatable bonds is 5. The summed E-state index contributed by atoms with van der Waals surface area (Å²) in [4.78, 5) is 12.9. The van der Waals surface area contributed by atoms with Crippen LogP contribution in [-0.4, -0.2) is 52.8 Å². The van der Waals surface area contributed by atoms with Gasteiger partial charge in [-0.3, -0.25) is 0 Å². The van der Waals surface area contributed by atoms with Crippen LogP contribution in [0.25, 0.3) is 5.78 Å². The summed E-state index contributed by atoms with van der Waals surface area (Å²) in [5, 5.41) is 9.32. The molecular weight excluding hydrogens is 322 g/mol. The summed E-state index contributed by atoms with van der Waals surface area (Å²) >= 11 is 1.63. The van der Waals surface area contributed by atoms with Gasteiger partial charge < -0.3 is 9.80 Å². The van der Waals surface area contributed by atoms with Gasteiger partial charge in [0.15, 0.2) is 5.16 Å². The second-order valence-electron chi connectivity index (χ2n) is 6.01. The fraction of sp³-hybridized carbons (Fsp3) is 0.375. The van der Waals surface area contributed by atoms with Crippen molar-refractivity contribution in [2.24, 2.45) is 0 Å². The Morgan fingerprint density at radius 3 is 2.50 bits per heavy atom. The molecule has 24 heavy (non-hydrogen) atoms. The summed E-state index contributed by atoms with van der Waals surface area (Å²) in [6.45, 7) is 2.10. The first kappa shape index (κ1) is 16.5. The molecule has 0 aliphatic rings. The molecular formula is C16H21N7S. The molecule has 1 aromatic carbocycles. The third-order valence-electron chi connectivity index (χ3n) is 3.47. The lowest BCUT2D eigenvalue weighted by atomic mass is 10.2. The van der Waals surface area contributed by atoms with Crippen molar-refractivity contribution in [3.05, 3.63) is 35.4 Å². The molecule has 0 bridgehead atoms. The van der Waals surface area contributed by atoms with Gasteiger partial charge in [-0.1, -0.05) is 41.6 Å². The molecule has 0 aliphatic heterocycles. The van der Waals surface area contributed by atoms with Crippen molar-refractivity contribution < 1.29 is 0 Å². The highest BCUT2D eigenvalue weighted by molar-refractivity contribution is 7.98. The summed E-state index contributed by atoms with van der Waals surface area (Å²) in [6.07, 6.45) is 0. The van der Waals surface area contributed by atoms with Crippen LogP contribution in [0.1, 0.15) is 11.1 Å². The number of hydrogen-bond acceptors (Lipinski definition) is 7. The molecule has 0 radical (unpaired) electrons. The molecule has 3 aromatic rings. The van der Waals surface area contributed by atoms with Crippen molar-refractivity contribution in [2.75, 3.05) is 38.0 Å². The molecule has 7 nitrogen and oxygen atoms in total. The van der Waals surface area contributed by atoms with E-state index in [9.17, 15) is 0 Å². The third kappa shape index (κ3) is 3.28. The molecule has 0 atom stereocenters. The molecule has 0 fully saturated rings. The highest BCUT2D eigenvalue weighted by Crippen LogP contribution is 2.25. The number of hydrogen-bond donors (Lipinski definition) is 0. The number of benzene rings is 1. The Morgan fingerprint density at radius 2 is 1.83 bits per heavy atom. The molecule has 0 N–H and O–H groups in total. The zero-order valence-corrected chi connectivity index (χ0v) is 15.4. The Kier molecular flexibility index (Phi) is 4.57. The maximum atomic E-state index is 4.61. The fourth-order valence-corrected chi connectivity index (χ4v) is 3.17. The average Bonchev–Trinajstić information content (AvgIpc) is 2.95. The molecule has 0 saturated carbocycles. The van der Waals surface area contributed by atoms with E-state index in [-0.39, 0.29) is 0 Å². The van der Waals surface area contributed by atoms with Crippen LogP contribution in [0.4, 0.5) is 11.9 Å². The van der Waals surface area contributed by atoms with E-state index in [0.29, 0.717) is 11.7 Å². The Labute approximate surface area is 145 Å². The van der Waals surface area contributed by atoms with E-state index < -0.39 is 0 Å². The van der Waals surface area contributed by atoms with Gasteiger partial charge in [0.1, 0.15) is 0 Å². The van der Waals surface area contributed by atoms with E-state index in [1.165, 1.54) is 11.1 Å². The average molecular weight is 343 g/mol. The van der Waals surface area contributed by atoms with Gasteiger partial charge in [-0.2, -0.15) is 9.97 Å². The summed E-state index contributed by atoms with van der Waals surface area (Å²) in [6, 6.07) is 8.48. The topological polar surface area (TPSA) is 62.5 Å². The lowest BCUT2D eigenvalue weighted by Crippen LogP contribution is -2.20. The van der Waals surface area contributed by atoms with E-state index in [2.05, 4.69) is 51.4 Å². The molecule has 3 rings (SSSR count). The predicted octanol–water partition coefficient (Wildman–Crippen LogP) is 2.25. The van der Waals surface area contributed by atoms with Crippen LogP contribution in [-0.2, 0) is 5.75 Å². The second-order valence-corrected chi connectivity index (χ2v) is 6.95. The predicted molar refractivity (Wildman–Crippen MR) is 98.0 cm³/mol. The highest BCUT2D eigenvalue weighted by atomic mass is 32.2. The maximum Gasteiger partial charge on any atom is 0.261 e. The lowest BCUT2D eigenvalue weighted by Gasteiger charge is -2.17. The van der Waals surface area contributed by atoms with Gasteiger partial charge in [-0.05, 0) is 12.5 Å². The van der Waals surface area contributed by atoms with E-state index in [4.69, 9.17) is 0 Å². The molecule has 8 heteroatoms. The molecule has 2 heterocycles. The normalized spacial score (nSPS) is 11.0. The van der Waals surface area contributed by atoms with Gasteiger partial charge in [-0.25, -0.2) is 4.40 Å². The van der Waals surface area contributed by atoms with Crippen LogP contribution < -0.4 is 9.80 Å². The molecule has 0 saturated heterocycles. The van der Waals surface area contributed by atoms with Crippen LogP contribution in [0.2, 0.25) is 0 Å². The van der Waals surface area contributed by atoms with Gasteiger partial charge >= 0.3 is 0 Å². The molecule has 2 aromatic heterocycles. The second kappa shape index (κ2) is 6.64. The van der Waals surface area contributed by atoms with Crippen LogP contribution in [0.3, 0.4) is 0 Å². The molecule has 0 amide bonds. The van der Waals surface area contributed by atoms with Gasteiger partial charge in [0.2, 0.25) is 11.9 Å². The van der Waals surface area contributed by atoms with Crippen molar-refractivity contribution in [1.82, 2.24) is 24.6 Å². The fourth-order valence-electron chi connectivity index (χ4n) is 2.31. The zero-order chi connectivity index (χ0) is 17.3. The summed E-state index contributed by atoms with van der Waals surface area (Å²) in [5.74, 6) is 2.77. The summed E-state index contributed by atoms with van der Waals surface area (Å²) < 4.78 is 1.90. The van der Waals surface area contributed by atoms with Crippen LogP contribution in [0.5, 0.6) is 0 Å². The Morgan fingerprint density at radius 1 is 1.04 bits per heavy atom. The zero-order valence-electron chi connectivity index (χ0n) is 14.6. The minimum atomic E-state index is 0.559. The number of thioether (sulfide) groups is 1. The van der Waals surface area contributed by atoms with Gasteiger partial charge in [0.05, 0.1) is 0 Å². The lowest BCUT2D eigenvalue weighted by molar-refractivity contribution is 0.845. The molecule has 126 valence electrons. The smallest absolute Gasteiger partial charge is 0.261 e. The van der Waals surface area contributed by atoms with Crippen LogP contribution >= 0.6 is 11.8 Å². The van der Waals surface area contributed by atoms with Crippen LogP contribution in [0.15, 0.2) is 29.4 Å². The minimum absolute atomic E-state index is 0.559. The molecule has 0 aliphatic carbocycles. The van der Waals surface area contributed by atoms with Crippen molar-refractivity contribution in [1.29, 1.82) is 0 Å². The number of nitrogens with zero attached hydrogens (tertiary/aromatic N) is 7. The van der Waals surface area contributed by atoms with Gasteiger partial charge in [-0.15, -0.1) is 10.2 Å². The van der Waals surface area contributed by atoms with Gasteiger partial charge in [0.25, 0.3) is 5.78 Å². The number of anilines is 2. The first-order chi connectivity index (χ1) is 11.5. The minimum Gasteiger partial charge on any atom is -0.348 e.